The highest BCUT2D eigenvalue weighted by molar-refractivity contribution is 5.95. The van der Waals surface area contributed by atoms with Crippen molar-refractivity contribution in [2.24, 2.45) is 0 Å². The van der Waals surface area contributed by atoms with Gasteiger partial charge >= 0.3 is 0 Å². The van der Waals surface area contributed by atoms with Gasteiger partial charge < -0.3 is 9.30 Å². The third-order valence-corrected chi connectivity index (χ3v) is 6.09. The molecule has 2 N–H and O–H groups in total. The van der Waals surface area contributed by atoms with E-state index in [0.29, 0.717) is 34.0 Å². The van der Waals surface area contributed by atoms with Crippen LogP contribution in [0.25, 0.3) is 21.8 Å². The second-order valence-electron chi connectivity index (χ2n) is 8.60. The number of hydrogen-bond donors (Lipinski definition) is 2. The Labute approximate surface area is 213 Å². The molecule has 7 nitrogen and oxygen atoms in total. The number of aromatic nitrogens is 1. The molecule has 0 atom stereocenters. The molecule has 5 aromatic rings. The van der Waals surface area contributed by atoms with Gasteiger partial charge in [-0.05, 0) is 41.5 Å². The van der Waals surface area contributed by atoms with Crippen LogP contribution in [-0.4, -0.2) is 23.0 Å². The zero-order valence-electron chi connectivity index (χ0n) is 20.0. The van der Waals surface area contributed by atoms with E-state index in [0.717, 1.165) is 11.1 Å². The number of nitrogens with one attached hydrogen (secondary N) is 2. The molecule has 0 saturated carbocycles. The molecular weight excluding hydrogens is 466 g/mol. The Hall–Kier alpha value is -4.91. The zero-order valence-corrected chi connectivity index (χ0v) is 20.0. The first-order valence-corrected chi connectivity index (χ1v) is 11.9. The van der Waals surface area contributed by atoms with Gasteiger partial charge in [-0.25, -0.2) is 0 Å². The van der Waals surface area contributed by atoms with E-state index in [-0.39, 0.29) is 18.6 Å². The highest BCUT2D eigenvalue weighted by Crippen LogP contribution is 2.21. The molecule has 0 aliphatic heterocycles. The number of hydrazine groups is 1. The summed E-state index contributed by atoms with van der Waals surface area (Å²) in [5.74, 6) is -0.312. The summed E-state index contributed by atoms with van der Waals surface area (Å²) < 4.78 is 7.51. The molecule has 2 amide bonds. The highest BCUT2D eigenvalue weighted by Gasteiger charge is 2.14. The zero-order chi connectivity index (χ0) is 25.6. The quantitative estimate of drug-likeness (QED) is 0.266. The molecule has 37 heavy (non-hydrogen) atoms. The minimum atomic E-state index is -0.488. The molecule has 0 unspecified atom stereocenters. The van der Waals surface area contributed by atoms with E-state index in [1.165, 1.54) is 0 Å². The molecule has 7 heteroatoms. The van der Waals surface area contributed by atoms with Gasteiger partial charge in [0.15, 0.2) is 12.0 Å². The van der Waals surface area contributed by atoms with E-state index >= 15 is 0 Å². The van der Waals surface area contributed by atoms with Gasteiger partial charge in [0.05, 0.1) is 11.0 Å². The third-order valence-electron chi connectivity index (χ3n) is 6.09. The number of pyridine rings is 1. The second kappa shape index (κ2) is 10.8. The minimum Gasteiger partial charge on any atom is -0.483 e. The van der Waals surface area contributed by atoms with E-state index in [1.54, 1.807) is 41.0 Å². The predicted octanol–water partition coefficient (Wildman–Crippen LogP) is 3.97. The molecule has 0 saturated heterocycles. The summed E-state index contributed by atoms with van der Waals surface area (Å²) >= 11 is 0. The molecule has 0 aliphatic carbocycles. The molecule has 0 spiro atoms. The highest BCUT2D eigenvalue weighted by atomic mass is 16.5. The number of para-hydroxylation sites is 3. The van der Waals surface area contributed by atoms with Crippen molar-refractivity contribution in [2.75, 3.05) is 6.61 Å². The first kappa shape index (κ1) is 23.8. The number of nitrogens with zero attached hydrogens (tertiary/aromatic N) is 1. The topological polar surface area (TPSA) is 89.4 Å². The summed E-state index contributed by atoms with van der Waals surface area (Å²) in [6, 6.07) is 31.9. The predicted molar refractivity (Wildman–Crippen MR) is 143 cm³/mol. The number of hydrogen-bond acceptors (Lipinski definition) is 4. The van der Waals surface area contributed by atoms with Crippen molar-refractivity contribution in [1.82, 2.24) is 15.4 Å². The van der Waals surface area contributed by atoms with Crippen LogP contribution in [0.4, 0.5) is 0 Å². The summed E-state index contributed by atoms with van der Waals surface area (Å²) in [7, 11) is 0. The number of fused-ring (bicyclic) bond motifs is 2. The normalized spacial score (nSPS) is 10.8. The number of amides is 2. The lowest BCUT2D eigenvalue weighted by atomic mass is 10.0. The van der Waals surface area contributed by atoms with Crippen molar-refractivity contribution < 1.29 is 14.3 Å². The van der Waals surface area contributed by atoms with Crippen molar-refractivity contribution in [3.8, 4) is 5.75 Å². The van der Waals surface area contributed by atoms with E-state index < -0.39 is 11.8 Å². The van der Waals surface area contributed by atoms with Crippen LogP contribution < -0.4 is 21.0 Å². The van der Waals surface area contributed by atoms with Crippen molar-refractivity contribution in [3.63, 3.8) is 0 Å². The smallest absolute Gasteiger partial charge is 0.276 e. The average Bonchev–Trinajstić information content (AvgIpc) is 2.94. The van der Waals surface area contributed by atoms with Gasteiger partial charge in [0.2, 0.25) is 0 Å². The number of rotatable bonds is 7. The standard InChI is InChI=1S/C30H25N3O4/c34-28(19-33-25-15-7-5-13-23(25)30(36)24-14-6-8-16-26(24)33)31-32-29(35)20-37-27-17-9-4-12-22(27)18-21-10-2-1-3-11-21/h1-17H,18-20H2,(H,31,34)(H,32,35). The summed E-state index contributed by atoms with van der Waals surface area (Å²) in [6.07, 6.45) is 0.677. The Balaban J connectivity index is 1.23. The first-order chi connectivity index (χ1) is 18.1. The maximum Gasteiger partial charge on any atom is 0.276 e. The summed E-state index contributed by atoms with van der Waals surface area (Å²) in [4.78, 5) is 38.0. The van der Waals surface area contributed by atoms with Crippen molar-refractivity contribution in [3.05, 3.63) is 124 Å². The van der Waals surface area contributed by atoms with E-state index in [4.69, 9.17) is 4.74 Å². The molecular formula is C30H25N3O4. The number of carbonyl (C=O) groups is 2. The Kier molecular flexibility index (Phi) is 6.94. The van der Waals surface area contributed by atoms with Crippen LogP contribution in [-0.2, 0) is 22.6 Å². The average molecular weight is 492 g/mol. The maximum absolute atomic E-state index is 12.9. The molecule has 0 bridgehead atoms. The second-order valence-corrected chi connectivity index (χ2v) is 8.60. The molecule has 0 aliphatic rings. The lowest BCUT2D eigenvalue weighted by molar-refractivity contribution is -0.130. The molecule has 0 fully saturated rings. The lowest BCUT2D eigenvalue weighted by Gasteiger charge is -2.15. The summed E-state index contributed by atoms with van der Waals surface area (Å²) in [6.45, 7) is -0.335. The van der Waals surface area contributed by atoms with Crippen LogP contribution in [0.5, 0.6) is 5.75 Å². The number of carbonyl (C=O) groups excluding carboxylic acids is 2. The van der Waals surface area contributed by atoms with Gasteiger partial charge in [0.1, 0.15) is 12.3 Å². The number of ether oxygens (including phenoxy) is 1. The van der Waals surface area contributed by atoms with Crippen molar-refractivity contribution in [2.45, 2.75) is 13.0 Å². The fraction of sp³-hybridized carbons (Fsp3) is 0.100. The fourth-order valence-electron chi connectivity index (χ4n) is 4.36. The largest absolute Gasteiger partial charge is 0.483 e. The molecule has 1 aromatic heterocycles. The molecule has 5 rings (SSSR count). The van der Waals surface area contributed by atoms with Crippen LogP contribution in [0.15, 0.2) is 108 Å². The fourth-order valence-corrected chi connectivity index (χ4v) is 4.36. The molecule has 4 aromatic carbocycles. The van der Waals surface area contributed by atoms with Crippen LogP contribution >= 0.6 is 0 Å². The van der Waals surface area contributed by atoms with E-state index in [1.807, 2.05) is 66.7 Å². The van der Waals surface area contributed by atoms with Crippen LogP contribution in [0, 0.1) is 0 Å². The van der Waals surface area contributed by atoms with E-state index in [2.05, 4.69) is 10.9 Å². The van der Waals surface area contributed by atoms with Gasteiger partial charge in [0, 0.05) is 17.2 Å². The third kappa shape index (κ3) is 5.36. The van der Waals surface area contributed by atoms with E-state index in [9.17, 15) is 14.4 Å². The molecule has 184 valence electrons. The van der Waals surface area contributed by atoms with Crippen molar-refractivity contribution in [1.29, 1.82) is 0 Å². The van der Waals surface area contributed by atoms with Gasteiger partial charge in [0.25, 0.3) is 11.8 Å². The number of benzene rings is 4. The molecule has 1 heterocycles. The van der Waals surface area contributed by atoms with Crippen LogP contribution in [0.1, 0.15) is 11.1 Å². The Morgan fingerprint density at radius 3 is 1.95 bits per heavy atom. The first-order valence-electron chi connectivity index (χ1n) is 11.9. The Morgan fingerprint density at radius 1 is 0.676 bits per heavy atom. The lowest BCUT2D eigenvalue weighted by Crippen LogP contribution is -2.45. The van der Waals surface area contributed by atoms with Gasteiger partial charge in [-0.15, -0.1) is 0 Å². The van der Waals surface area contributed by atoms with Crippen molar-refractivity contribution >= 4 is 33.6 Å². The van der Waals surface area contributed by atoms with Gasteiger partial charge in [-0.2, -0.15) is 0 Å². The molecule has 0 radical (unpaired) electrons. The summed E-state index contributed by atoms with van der Waals surface area (Å²) in [5.41, 5.74) is 8.16. The summed E-state index contributed by atoms with van der Waals surface area (Å²) in [5, 5.41) is 1.06. The van der Waals surface area contributed by atoms with Gasteiger partial charge in [-0.3, -0.25) is 25.2 Å². The Bertz CT molecular complexity index is 1580. The van der Waals surface area contributed by atoms with Crippen LogP contribution in [0.3, 0.4) is 0 Å². The SMILES string of the molecule is O=C(COc1ccccc1Cc1ccccc1)NNC(=O)Cn1c2ccccc2c(=O)c2ccccc21. The van der Waals surface area contributed by atoms with Gasteiger partial charge in [-0.1, -0.05) is 72.8 Å². The minimum absolute atomic E-state index is 0.0810. The van der Waals surface area contributed by atoms with Crippen LogP contribution in [0.2, 0.25) is 0 Å². The monoisotopic (exact) mass is 491 g/mol. The Morgan fingerprint density at radius 2 is 1.24 bits per heavy atom. The maximum atomic E-state index is 12.9.